The molecule has 2 heterocycles. The Morgan fingerprint density at radius 1 is 1.30 bits per heavy atom. The molecule has 1 aromatic carbocycles. The van der Waals surface area contributed by atoms with Gasteiger partial charge in [-0.05, 0) is 12.1 Å². The largest absolute Gasteiger partial charge is 0.337 e. The predicted molar refractivity (Wildman–Crippen MR) is 75.8 cm³/mol. The SMILES string of the molecule is O=C(NCCc1nn2cnnc2s1)Nc1ccccc1. The van der Waals surface area contributed by atoms with E-state index in [0.29, 0.717) is 13.0 Å². The number of nitrogens with zero attached hydrogens (tertiary/aromatic N) is 4. The van der Waals surface area contributed by atoms with Gasteiger partial charge in [-0.1, -0.05) is 29.5 Å². The van der Waals surface area contributed by atoms with Crippen molar-refractivity contribution in [2.45, 2.75) is 6.42 Å². The number of hydrogen-bond acceptors (Lipinski definition) is 5. The van der Waals surface area contributed by atoms with Gasteiger partial charge in [0.15, 0.2) is 0 Å². The van der Waals surface area contributed by atoms with Gasteiger partial charge in [0, 0.05) is 18.7 Å². The Morgan fingerprint density at radius 2 is 2.15 bits per heavy atom. The Labute approximate surface area is 118 Å². The summed E-state index contributed by atoms with van der Waals surface area (Å²) in [5, 5.41) is 18.4. The third kappa shape index (κ3) is 2.91. The third-order valence-corrected chi connectivity index (χ3v) is 3.56. The van der Waals surface area contributed by atoms with Gasteiger partial charge in [0.2, 0.25) is 4.96 Å². The van der Waals surface area contributed by atoms with Crippen LogP contribution in [0.15, 0.2) is 36.7 Å². The highest BCUT2D eigenvalue weighted by molar-refractivity contribution is 7.16. The lowest BCUT2D eigenvalue weighted by atomic mass is 10.3. The van der Waals surface area contributed by atoms with Crippen molar-refractivity contribution in [2.24, 2.45) is 0 Å². The summed E-state index contributed by atoms with van der Waals surface area (Å²) in [5.74, 6) is 0. The monoisotopic (exact) mass is 288 g/mol. The maximum absolute atomic E-state index is 11.7. The molecule has 0 aliphatic heterocycles. The number of aromatic nitrogens is 4. The van der Waals surface area contributed by atoms with Crippen molar-refractivity contribution in [1.29, 1.82) is 0 Å². The highest BCUT2D eigenvalue weighted by Gasteiger charge is 2.06. The van der Waals surface area contributed by atoms with Crippen LogP contribution in [-0.4, -0.2) is 32.4 Å². The molecule has 0 atom stereocenters. The molecule has 102 valence electrons. The van der Waals surface area contributed by atoms with Crippen LogP contribution < -0.4 is 10.6 Å². The molecule has 0 radical (unpaired) electrons. The molecular weight excluding hydrogens is 276 g/mol. The lowest BCUT2D eigenvalue weighted by Crippen LogP contribution is -2.30. The number of amides is 2. The average molecular weight is 288 g/mol. The molecule has 2 N–H and O–H groups in total. The van der Waals surface area contributed by atoms with Gasteiger partial charge < -0.3 is 10.6 Å². The minimum Gasteiger partial charge on any atom is -0.337 e. The molecule has 0 fully saturated rings. The van der Waals surface area contributed by atoms with Crippen molar-refractivity contribution in [3.63, 3.8) is 0 Å². The number of rotatable bonds is 4. The van der Waals surface area contributed by atoms with Crippen LogP contribution in [0.4, 0.5) is 10.5 Å². The molecule has 3 aromatic rings. The van der Waals surface area contributed by atoms with Crippen LogP contribution in [0.25, 0.3) is 4.96 Å². The molecule has 0 spiro atoms. The molecular formula is C12H12N6OS. The first-order chi connectivity index (χ1) is 9.81. The third-order valence-electron chi connectivity index (χ3n) is 2.58. The predicted octanol–water partition coefficient (Wildman–Crippen LogP) is 1.55. The molecule has 2 aromatic heterocycles. The Kier molecular flexibility index (Phi) is 3.55. The fourth-order valence-electron chi connectivity index (χ4n) is 1.68. The van der Waals surface area contributed by atoms with Crippen molar-refractivity contribution < 1.29 is 4.79 Å². The van der Waals surface area contributed by atoms with Gasteiger partial charge in [0.1, 0.15) is 11.3 Å². The second-order valence-corrected chi connectivity index (χ2v) is 5.09. The van der Waals surface area contributed by atoms with E-state index in [0.717, 1.165) is 15.7 Å². The number of nitrogens with one attached hydrogen (secondary N) is 2. The van der Waals surface area contributed by atoms with Crippen LogP contribution >= 0.6 is 11.3 Å². The highest BCUT2D eigenvalue weighted by Crippen LogP contribution is 2.11. The van der Waals surface area contributed by atoms with E-state index in [-0.39, 0.29) is 6.03 Å². The van der Waals surface area contributed by atoms with Crippen molar-refractivity contribution in [3.05, 3.63) is 41.7 Å². The molecule has 20 heavy (non-hydrogen) atoms. The Hall–Kier alpha value is -2.48. The van der Waals surface area contributed by atoms with E-state index in [1.54, 1.807) is 10.8 Å². The second-order valence-electron chi connectivity index (χ2n) is 4.05. The van der Waals surface area contributed by atoms with E-state index in [1.165, 1.54) is 11.3 Å². The van der Waals surface area contributed by atoms with Gasteiger partial charge in [-0.2, -0.15) is 9.61 Å². The fourth-order valence-corrected chi connectivity index (χ4v) is 2.49. The van der Waals surface area contributed by atoms with E-state index >= 15 is 0 Å². The molecule has 0 aliphatic carbocycles. The summed E-state index contributed by atoms with van der Waals surface area (Å²) >= 11 is 1.47. The standard InChI is InChI=1S/C12H12N6OS/c19-11(15-9-4-2-1-3-5-9)13-7-6-10-17-18-8-14-16-12(18)20-10/h1-5,8H,6-7H2,(H2,13,15,19). The lowest BCUT2D eigenvalue weighted by molar-refractivity contribution is 0.252. The molecule has 8 heteroatoms. The first-order valence-corrected chi connectivity index (χ1v) is 6.88. The van der Waals surface area contributed by atoms with Crippen LogP contribution in [-0.2, 0) is 6.42 Å². The number of para-hydroxylation sites is 1. The zero-order chi connectivity index (χ0) is 13.8. The van der Waals surface area contributed by atoms with Crippen LogP contribution in [0.3, 0.4) is 0 Å². The first-order valence-electron chi connectivity index (χ1n) is 6.07. The summed E-state index contributed by atoms with van der Waals surface area (Å²) in [6.07, 6.45) is 2.22. The number of urea groups is 1. The van der Waals surface area contributed by atoms with Gasteiger partial charge in [-0.25, -0.2) is 4.79 Å². The van der Waals surface area contributed by atoms with Crippen LogP contribution in [0.1, 0.15) is 5.01 Å². The Bertz CT molecular complexity index is 678. The topological polar surface area (TPSA) is 84.2 Å². The van der Waals surface area contributed by atoms with Gasteiger partial charge in [-0.3, -0.25) is 0 Å². The summed E-state index contributed by atoms with van der Waals surface area (Å²) in [6, 6.07) is 9.09. The Balaban J connectivity index is 1.47. The number of fused-ring (bicyclic) bond motifs is 1. The van der Waals surface area contributed by atoms with Gasteiger partial charge in [0.25, 0.3) is 0 Å². The van der Waals surface area contributed by atoms with Crippen molar-refractivity contribution in [1.82, 2.24) is 25.1 Å². The number of hydrogen-bond donors (Lipinski definition) is 2. The number of benzene rings is 1. The van der Waals surface area contributed by atoms with Crippen LogP contribution in [0.2, 0.25) is 0 Å². The maximum atomic E-state index is 11.7. The lowest BCUT2D eigenvalue weighted by Gasteiger charge is -2.06. The normalized spacial score (nSPS) is 10.6. The summed E-state index contributed by atoms with van der Waals surface area (Å²) < 4.78 is 1.63. The van der Waals surface area contributed by atoms with Gasteiger partial charge in [-0.15, -0.1) is 10.2 Å². The highest BCUT2D eigenvalue weighted by atomic mass is 32.1. The summed E-state index contributed by atoms with van der Waals surface area (Å²) in [6.45, 7) is 0.517. The maximum Gasteiger partial charge on any atom is 0.319 e. The van der Waals surface area contributed by atoms with Gasteiger partial charge in [0.05, 0.1) is 0 Å². The average Bonchev–Trinajstić information content (AvgIpc) is 3.01. The van der Waals surface area contributed by atoms with E-state index in [4.69, 9.17) is 0 Å². The quantitative estimate of drug-likeness (QED) is 0.763. The van der Waals surface area contributed by atoms with Crippen LogP contribution in [0.5, 0.6) is 0 Å². The molecule has 0 saturated heterocycles. The number of carbonyl (C=O) groups is 1. The zero-order valence-electron chi connectivity index (χ0n) is 10.5. The zero-order valence-corrected chi connectivity index (χ0v) is 11.3. The van der Waals surface area contributed by atoms with E-state index in [2.05, 4.69) is 25.9 Å². The molecule has 0 unspecified atom stereocenters. The fraction of sp³-hybridized carbons (Fsp3) is 0.167. The molecule has 2 amide bonds. The summed E-state index contributed by atoms with van der Waals surface area (Å²) in [7, 11) is 0. The number of anilines is 1. The van der Waals surface area contributed by atoms with E-state index in [9.17, 15) is 4.79 Å². The second kappa shape index (κ2) is 5.66. The van der Waals surface area contributed by atoms with E-state index in [1.807, 2.05) is 30.3 Å². The van der Waals surface area contributed by atoms with Crippen molar-refractivity contribution in [2.75, 3.05) is 11.9 Å². The van der Waals surface area contributed by atoms with Crippen molar-refractivity contribution in [3.8, 4) is 0 Å². The molecule has 0 bridgehead atoms. The minimum absolute atomic E-state index is 0.223. The minimum atomic E-state index is -0.223. The van der Waals surface area contributed by atoms with E-state index < -0.39 is 0 Å². The Morgan fingerprint density at radius 3 is 2.95 bits per heavy atom. The molecule has 0 aliphatic rings. The first kappa shape index (κ1) is 12.5. The number of carbonyl (C=O) groups excluding carboxylic acids is 1. The van der Waals surface area contributed by atoms with Gasteiger partial charge >= 0.3 is 6.03 Å². The summed E-state index contributed by atoms with van der Waals surface area (Å²) in [5.41, 5.74) is 0.767. The molecule has 0 saturated carbocycles. The summed E-state index contributed by atoms with van der Waals surface area (Å²) in [4.78, 5) is 12.4. The molecule has 7 nitrogen and oxygen atoms in total. The smallest absolute Gasteiger partial charge is 0.319 e. The van der Waals surface area contributed by atoms with Crippen molar-refractivity contribution >= 4 is 28.0 Å². The van der Waals surface area contributed by atoms with Crippen LogP contribution in [0, 0.1) is 0 Å². The molecule has 3 rings (SSSR count).